The summed E-state index contributed by atoms with van der Waals surface area (Å²) in [7, 11) is 0. The van der Waals surface area contributed by atoms with Crippen LogP contribution >= 0.6 is 0 Å². The van der Waals surface area contributed by atoms with E-state index in [1.807, 2.05) is 0 Å². The van der Waals surface area contributed by atoms with Crippen LogP contribution in [0.3, 0.4) is 0 Å². The van der Waals surface area contributed by atoms with Crippen LogP contribution in [0, 0.1) is 0 Å². The van der Waals surface area contributed by atoms with E-state index in [1.165, 1.54) is 51.4 Å². The van der Waals surface area contributed by atoms with Crippen LogP contribution < -0.4 is 0 Å². The van der Waals surface area contributed by atoms with Gasteiger partial charge in [-0.25, -0.2) is 0 Å². The van der Waals surface area contributed by atoms with E-state index >= 15 is 0 Å². The minimum absolute atomic E-state index is 1.21. The van der Waals surface area contributed by atoms with Crippen molar-refractivity contribution in [1.29, 1.82) is 0 Å². The van der Waals surface area contributed by atoms with Crippen LogP contribution in [0.1, 0.15) is 51.4 Å². The molecule has 0 unspecified atom stereocenters. The lowest BCUT2D eigenvalue weighted by atomic mass is 10.1. The molecule has 0 saturated heterocycles. The Morgan fingerprint density at radius 2 is 0.643 bits per heavy atom. The fourth-order valence-electron chi connectivity index (χ4n) is 1.61. The third-order valence-corrected chi connectivity index (χ3v) is 2.48. The van der Waals surface area contributed by atoms with Gasteiger partial charge in [0.25, 0.3) is 0 Å². The minimum atomic E-state index is 1.21. The van der Waals surface area contributed by atoms with Crippen molar-refractivity contribution in [2.24, 2.45) is 0 Å². The van der Waals surface area contributed by atoms with Crippen molar-refractivity contribution < 1.29 is 0 Å². The standard InChI is InChI=1S/C14H22/c1-2-4-6-8-10-12-14-13-11-9-7-5-3-1/h1-2,7,9-10,12H,3-6,8,11,13-14H2. The van der Waals surface area contributed by atoms with Crippen molar-refractivity contribution in [2.45, 2.75) is 51.4 Å². The molecule has 0 fully saturated rings. The maximum absolute atomic E-state index is 2.34. The van der Waals surface area contributed by atoms with Gasteiger partial charge in [0.05, 0.1) is 0 Å². The molecule has 0 saturated carbocycles. The quantitative estimate of drug-likeness (QED) is 0.482. The highest BCUT2D eigenvalue weighted by Crippen LogP contribution is 2.05. The zero-order valence-electron chi connectivity index (χ0n) is 9.12. The molecule has 1 rings (SSSR count). The van der Waals surface area contributed by atoms with Crippen molar-refractivity contribution in [3.63, 3.8) is 0 Å². The molecule has 0 nitrogen and oxygen atoms in total. The molecule has 0 aromatic heterocycles. The summed E-state index contributed by atoms with van der Waals surface area (Å²) in [5.74, 6) is 0. The van der Waals surface area contributed by atoms with Crippen molar-refractivity contribution in [1.82, 2.24) is 0 Å². The van der Waals surface area contributed by atoms with E-state index in [1.54, 1.807) is 0 Å². The number of hydrogen-bond donors (Lipinski definition) is 0. The lowest BCUT2D eigenvalue weighted by Crippen LogP contribution is -1.74. The average Bonchev–Trinajstić information content (AvgIpc) is 2.22. The first-order chi connectivity index (χ1) is 7.00. The molecule has 0 radical (unpaired) electrons. The maximum Gasteiger partial charge on any atom is -0.0316 e. The molecule has 0 aromatic rings. The van der Waals surface area contributed by atoms with Crippen LogP contribution in [0.15, 0.2) is 36.5 Å². The van der Waals surface area contributed by atoms with E-state index < -0.39 is 0 Å². The van der Waals surface area contributed by atoms with Gasteiger partial charge < -0.3 is 0 Å². The zero-order chi connectivity index (χ0) is 9.90. The Morgan fingerprint density at radius 1 is 0.357 bits per heavy atom. The van der Waals surface area contributed by atoms with Gasteiger partial charge in [-0.3, -0.25) is 0 Å². The number of rotatable bonds is 0. The summed E-state index contributed by atoms with van der Waals surface area (Å²) in [4.78, 5) is 0. The van der Waals surface area contributed by atoms with Crippen LogP contribution in [0.2, 0.25) is 0 Å². The van der Waals surface area contributed by atoms with E-state index in [2.05, 4.69) is 36.5 Å². The topological polar surface area (TPSA) is 0 Å². The summed E-state index contributed by atoms with van der Waals surface area (Å²) in [6.45, 7) is 0. The molecule has 1 aliphatic carbocycles. The highest BCUT2D eigenvalue weighted by molar-refractivity contribution is 4.90. The Morgan fingerprint density at radius 3 is 1.00 bits per heavy atom. The Balaban J connectivity index is 2.25. The Bertz CT molecular complexity index is 174. The van der Waals surface area contributed by atoms with Crippen molar-refractivity contribution in [3.8, 4) is 0 Å². The van der Waals surface area contributed by atoms with Crippen molar-refractivity contribution in [3.05, 3.63) is 36.5 Å². The van der Waals surface area contributed by atoms with Gasteiger partial charge in [-0.1, -0.05) is 36.5 Å². The highest BCUT2D eigenvalue weighted by atomic mass is 13.9. The molecule has 0 amide bonds. The molecule has 0 aromatic carbocycles. The molecule has 0 aliphatic heterocycles. The lowest BCUT2D eigenvalue weighted by molar-refractivity contribution is 0.832. The maximum atomic E-state index is 2.34. The Kier molecular flexibility index (Phi) is 7.10. The van der Waals surface area contributed by atoms with Gasteiger partial charge in [0.1, 0.15) is 0 Å². The highest BCUT2D eigenvalue weighted by Gasteiger charge is 1.84. The molecule has 0 heteroatoms. The molecule has 0 atom stereocenters. The molecule has 0 bridgehead atoms. The number of hydrogen-bond acceptors (Lipinski definition) is 0. The first-order valence-electron chi connectivity index (χ1n) is 5.95. The molecule has 1 aliphatic rings. The predicted octanol–water partition coefficient (Wildman–Crippen LogP) is 4.79. The third kappa shape index (κ3) is 6.71. The summed E-state index contributed by atoms with van der Waals surface area (Å²) >= 11 is 0. The van der Waals surface area contributed by atoms with E-state index in [9.17, 15) is 0 Å². The van der Waals surface area contributed by atoms with E-state index in [4.69, 9.17) is 0 Å². The summed E-state index contributed by atoms with van der Waals surface area (Å²) < 4.78 is 0. The Hall–Kier alpha value is -0.780. The second-order valence-corrected chi connectivity index (χ2v) is 3.85. The van der Waals surface area contributed by atoms with Crippen molar-refractivity contribution in [2.75, 3.05) is 0 Å². The second kappa shape index (κ2) is 8.80. The van der Waals surface area contributed by atoms with Gasteiger partial charge in [-0.2, -0.15) is 0 Å². The zero-order valence-corrected chi connectivity index (χ0v) is 9.12. The fourth-order valence-corrected chi connectivity index (χ4v) is 1.61. The van der Waals surface area contributed by atoms with Crippen LogP contribution in [0.25, 0.3) is 0 Å². The average molecular weight is 190 g/mol. The smallest absolute Gasteiger partial charge is 0.0316 e. The van der Waals surface area contributed by atoms with E-state index in [-0.39, 0.29) is 0 Å². The van der Waals surface area contributed by atoms with Gasteiger partial charge in [0.15, 0.2) is 0 Å². The minimum Gasteiger partial charge on any atom is -0.0885 e. The molecular weight excluding hydrogens is 168 g/mol. The summed E-state index contributed by atoms with van der Waals surface area (Å²) in [5, 5.41) is 0. The second-order valence-electron chi connectivity index (χ2n) is 3.85. The SMILES string of the molecule is C1=CCCCC=CCCCC=CCC1. The summed E-state index contributed by atoms with van der Waals surface area (Å²) in [6, 6.07) is 0. The van der Waals surface area contributed by atoms with Gasteiger partial charge in [-0.15, -0.1) is 0 Å². The van der Waals surface area contributed by atoms with Crippen LogP contribution in [-0.4, -0.2) is 0 Å². The largest absolute Gasteiger partial charge is 0.0885 e. The summed E-state index contributed by atoms with van der Waals surface area (Å²) in [6.07, 6.45) is 24.0. The number of allylic oxidation sites excluding steroid dienone is 6. The van der Waals surface area contributed by atoms with Gasteiger partial charge in [0.2, 0.25) is 0 Å². The molecular formula is C14H22. The van der Waals surface area contributed by atoms with Crippen molar-refractivity contribution >= 4 is 0 Å². The molecule has 78 valence electrons. The normalized spacial score (nSPS) is 20.6. The predicted molar refractivity (Wildman–Crippen MR) is 64.4 cm³/mol. The molecule has 0 N–H and O–H groups in total. The first-order valence-corrected chi connectivity index (χ1v) is 5.95. The van der Waals surface area contributed by atoms with Crippen LogP contribution in [-0.2, 0) is 0 Å². The Labute approximate surface area is 88.4 Å². The van der Waals surface area contributed by atoms with E-state index in [0.717, 1.165) is 0 Å². The summed E-state index contributed by atoms with van der Waals surface area (Å²) in [5.41, 5.74) is 0. The fraction of sp³-hybridized carbons (Fsp3) is 0.571. The lowest BCUT2D eigenvalue weighted by Gasteiger charge is -1.94. The monoisotopic (exact) mass is 190 g/mol. The molecule has 0 heterocycles. The van der Waals surface area contributed by atoms with E-state index in [0.29, 0.717) is 0 Å². The van der Waals surface area contributed by atoms with Crippen LogP contribution in [0.5, 0.6) is 0 Å². The van der Waals surface area contributed by atoms with Gasteiger partial charge in [-0.05, 0) is 51.4 Å². The first kappa shape index (κ1) is 11.3. The van der Waals surface area contributed by atoms with Gasteiger partial charge >= 0.3 is 0 Å². The van der Waals surface area contributed by atoms with Gasteiger partial charge in [0, 0.05) is 0 Å². The molecule has 14 heavy (non-hydrogen) atoms. The third-order valence-electron chi connectivity index (χ3n) is 2.48. The molecule has 0 spiro atoms. The van der Waals surface area contributed by atoms with Crippen LogP contribution in [0.4, 0.5) is 0 Å².